The summed E-state index contributed by atoms with van der Waals surface area (Å²) in [6, 6.07) is 0. The van der Waals surface area contributed by atoms with Crippen molar-refractivity contribution in [1.82, 2.24) is 0 Å². The Morgan fingerprint density at radius 1 is 1.83 bits per heavy atom. The summed E-state index contributed by atoms with van der Waals surface area (Å²) in [5.41, 5.74) is 6.41. The molecule has 0 aromatic carbocycles. The van der Waals surface area contributed by atoms with E-state index in [9.17, 15) is 0 Å². The van der Waals surface area contributed by atoms with Crippen LogP contribution in [0.1, 0.15) is 6.92 Å². The third kappa shape index (κ3) is 8.82. The van der Waals surface area contributed by atoms with E-state index in [-0.39, 0.29) is 27.6 Å². The molecule has 2 N–H and O–H groups in total. The molecule has 0 aliphatic carbocycles. The average Bonchev–Trinajstić information content (AvgIpc) is 1.38. The van der Waals surface area contributed by atoms with Gasteiger partial charge in [-0.1, -0.05) is 0 Å². The fraction of sp³-hybridized carbons (Fsp3) is 1.00. The van der Waals surface area contributed by atoms with Gasteiger partial charge in [0, 0.05) is 27.2 Å². The summed E-state index contributed by atoms with van der Waals surface area (Å²) in [6.07, 6.45) is -0.449. The maximum atomic E-state index is 8.17. The second kappa shape index (κ2) is 5.61. The summed E-state index contributed by atoms with van der Waals surface area (Å²) in [7, 11) is 0. The van der Waals surface area contributed by atoms with Crippen LogP contribution in [0.3, 0.4) is 0 Å². The Hall–Kier alpha value is 0.608. The summed E-state index contributed by atoms with van der Waals surface area (Å²) >= 11 is 0. The molecule has 0 aromatic rings. The molecule has 0 aliphatic rings. The van der Waals surface area contributed by atoms with Crippen LogP contribution < -0.4 is 0 Å². The minimum absolute atomic E-state index is 0. The molecule has 6 heavy (non-hydrogen) atoms. The summed E-state index contributed by atoms with van der Waals surface area (Å²) in [5, 5.41) is 8.17. The molecule has 0 bridgehead atoms. The Kier molecular flexibility index (Phi) is 9.15. The molecular formula is C3H8NOW-. The van der Waals surface area contributed by atoms with Gasteiger partial charge in [-0.15, -0.1) is 6.54 Å². The minimum atomic E-state index is -0.449. The van der Waals surface area contributed by atoms with Crippen LogP contribution in [-0.4, -0.2) is 17.8 Å². The van der Waals surface area contributed by atoms with E-state index in [1.807, 2.05) is 0 Å². The number of aliphatic hydroxyl groups excluding tert-OH is 1. The van der Waals surface area contributed by atoms with Gasteiger partial charge in [-0.2, -0.15) is 0 Å². The molecule has 0 amide bonds. The second-order valence-electron chi connectivity index (χ2n) is 1.05. The first-order valence-electron chi connectivity index (χ1n) is 1.60. The van der Waals surface area contributed by atoms with Crippen LogP contribution in [0.2, 0.25) is 0 Å². The van der Waals surface area contributed by atoms with E-state index >= 15 is 0 Å². The molecule has 0 heterocycles. The van der Waals surface area contributed by atoms with Crippen LogP contribution in [0.5, 0.6) is 0 Å². The molecule has 1 unspecified atom stereocenters. The normalized spacial score (nSPS) is 12.5. The number of hydrogen-bond acceptors (Lipinski definition) is 1. The summed E-state index contributed by atoms with van der Waals surface area (Å²) < 4.78 is 0. The zero-order chi connectivity index (χ0) is 4.28. The van der Waals surface area contributed by atoms with E-state index in [0.717, 1.165) is 0 Å². The Balaban J connectivity index is 0. The molecule has 0 saturated heterocycles. The Morgan fingerprint density at radius 2 is 2.00 bits per heavy atom. The van der Waals surface area contributed by atoms with Gasteiger partial charge in [-0.25, -0.2) is 0 Å². The molecule has 0 aliphatic heterocycles. The molecular weight excluding hydrogens is 250 g/mol. The first-order chi connectivity index (χ1) is 2.27. The Bertz CT molecular complexity index is 24.8. The predicted molar refractivity (Wildman–Crippen MR) is 20.9 cm³/mol. The van der Waals surface area contributed by atoms with Crippen LogP contribution in [-0.2, 0) is 21.1 Å². The van der Waals surface area contributed by atoms with Crippen molar-refractivity contribution < 1.29 is 26.2 Å². The number of rotatable bonds is 1. The number of nitrogens with one attached hydrogen (secondary N) is 1. The van der Waals surface area contributed by atoms with Crippen molar-refractivity contribution in [3.8, 4) is 0 Å². The fourth-order valence-electron chi connectivity index (χ4n) is 0. The molecule has 1 atom stereocenters. The van der Waals surface area contributed by atoms with Crippen molar-refractivity contribution in [2.24, 2.45) is 0 Å². The molecule has 0 fully saturated rings. The van der Waals surface area contributed by atoms with Crippen molar-refractivity contribution in [3.63, 3.8) is 0 Å². The van der Waals surface area contributed by atoms with Crippen molar-refractivity contribution in [2.45, 2.75) is 13.0 Å². The Morgan fingerprint density at radius 3 is 2.00 bits per heavy atom. The Labute approximate surface area is 52.0 Å². The smallest absolute Gasteiger partial charge is 0.0323 e. The second-order valence-corrected chi connectivity index (χ2v) is 1.05. The maximum absolute atomic E-state index is 8.17. The van der Waals surface area contributed by atoms with E-state index in [1.54, 1.807) is 6.92 Å². The fourth-order valence-corrected chi connectivity index (χ4v) is 0. The molecule has 3 heteroatoms. The van der Waals surface area contributed by atoms with Gasteiger partial charge in [0.2, 0.25) is 0 Å². The minimum Gasteiger partial charge on any atom is -0.675 e. The van der Waals surface area contributed by atoms with Crippen LogP contribution in [0.4, 0.5) is 0 Å². The zero-order valence-corrected chi connectivity index (χ0v) is 6.57. The maximum Gasteiger partial charge on any atom is 0.0323 e. The van der Waals surface area contributed by atoms with Crippen molar-refractivity contribution in [3.05, 3.63) is 5.73 Å². The van der Waals surface area contributed by atoms with E-state index < -0.39 is 6.10 Å². The third-order valence-electron chi connectivity index (χ3n) is 0.295. The largest absolute Gasteiger partial charge is 0.675 e. The average molecular weight is 258 g/mol. The van der Waals surface area contributed by atoms with Crippen LogP contribution in [0.25, 0.3) is 5.73 Å². The van der Waals surface area contributed by atoms with Gasteiger partial charge in [0.1, 0.15) is 0 Å². The monoisotopic (exact) mass is 258 g/mol. The summed E-state index contributed by atoms with van der Waals surface area (Å²) in [5.74, 6) is 0. The van der Waals surface area contributed by atoms with Crippen LogP contribution in [0, 0.1) is 0 Å². The van der Waals surface area contributed by atoms with Crippen molar-refractivity contribution in [2.75, 3.05) is 6.54 Å². The van der Waals surface area contributed by atoms with Gasteiger partial charge in [-0.05, 0) is 6.92 Å². The van der Waals surface area contributed by atoms with E-state index in [1.165, 1.54) is 0 Å². The predicted octanol–water partition coefficient (Wildman–Crippen LogP) is 0.417. The molecule has 38 valence electrons. The first kappa shape index (κ1) is 9.79. The van der Waals surface area contributed by atoms with E-state index in [4.69, 9.17) is 10.8 Å². The standard InChI is InChI=1S/C3H8NO.W/c1-3(5)2-4;/h3-5H,2H2,1H3;/q-1;. The molecule has 0 radical (unpaired) electrons. The van der Waals surface area contributed by atoms with Gasteiger partial charge in [0.15, 0.2) is 0 Å². The number of hydrogen-bond donors (Lipinski definition) is 1. The quantitative estimate of drug-likeness (QED) is 0.727. The van der Waals surface area contributed by atoms with Gasteiger partial charge in [0.25, 0.3) is 0 Å². The van der Waals surface area contributed by atoms with Crippen LogP contribution >= 0.6 is 0 Å². The van der Waals surface area contributed by atoms with Gasteiger partial charge in [-0.3, -0.25) is 0 Å². The third-order valence-corrected chi connectivity index (χ3v) is 0.295. The van der Waals surface area contributed by atoms with Crippen molar-refractivity contribution >= 4 is 0 Å². The first-order valence-corrected chi connectivity index (χ1v) is 1.60. The van der Waals surface area contributed by atoms with E-state index in [0.29, 0.717) is 0 Å². The summed E-state index contributed by atoms with van der Waals surface area (Å²) in [4.78, 5) is 0. The SMILES string of the molecule is CC(O)C[NH-].[W]. The van der Waals surface area contributed by atoms with E-state index in [2.05, 4.69) is 0 Å². The van der Waals surface area contributed by atoms with Gasteiger partial charge in [0.05, 0.1) is 0 Å². The zero-order valence-electron chi connectivity index (χ0n) is 3.64. The van der Waals surface area contributed by atoms with Crippen molar-refractivity contribution in [1.29, 1.82) is 0 Å². The molecule has 0 rings (SSSR count). The molecule has 2 nitrogen and oxygen atoms in total. The van der Waals surface area contributed by atoms with Gasteiger partial charge < -0.3 is 10.8 Å². The topological polar surface area (TPSA) is 44.0 Å². The number of aliphatic hydroxyl groups is 1. The van der Waals surface area contributed by atoms with Gasteiger partial charge >= 0.3 is 0 Å². The summed E-state index contributed by atoms with van der Waals surface area (Å²) in [6.45, 7) is 1.70. The molecule has 0 aromatic heterocycles. The molecule has 0 saturated carbocycles. The molecule has 0 spiro atoms. The van der Waals surface area contributed by atoms with Crippen LogP contribution in [0.15, 0.2) is 0 Å².